The third-order valence-corrected chi connectivity index (χ3v) is 3.28. The van der Waals surface area contributed by atoms with E-state index in [0.717, 1.165) is 21.1 Å². The first-order valence-electron chi connectivity index (χ1n) is 5.09. The van der Waals surface area contributed by atoms with Crippen molar-refractivity contribution in [2.45, 2.75) is 0 Å². The first-order chi connectivity index (χ1) is 8.25. The second kappa shape index (κ2) is 3.89. The molecule has 84 valence electrons. The summed E-state index contributed by atoms with van der Waals surface area (Å²) in [6.07, 6.45) is 0. The minimum atomic E-state index is 0.173. The summed E-state index contributed by atoms with van der Waals surface area (Å²) in [5.41, 5.74) is 2.32. The average molecular weight is 290 g/mol. The number of halogens is 1. The Morgan fingerprint density at radius 2 is 1.94 bits per heavy atom. The molecule has 1 heterocycles. The van der Waals surface area contributed by atoms with Crippen molar-refractivity contribution < 1.29 is 9.63 Å². The van der Waals surface area contributed by atoms with Gasteiger partial charge in [0.1, 0.15) is 11.4 Å². The third-order valence-electron chi connectivity index (χ3n) is 2.58. The van der Waals surface area contributed by atoms with Crippen molar-refractivity contribution in [3.8, 4) is 17.0 Å². The van der Waals surface area contributed by atoms with E-state index in [1.165, 1.54) is 0 Å². The van der Waals surface area contributed by atoms with Crippen LogP contribution in [0.1, 0.15) is 0 Å². The van der Waals surface area contributed by atoms with Crippen molar-refractivity contribution in [3.05, 3.63) is 46.9 Å². The Hall–Kier alpha value is -1.81. The summed E-state index contributed by atoms with van der Waals surface area (Å²) in [6, 6.07) is 12.8. The Kier molecular flexibility index (Phi) is 2.37. The van der Waals surface area contributed by atoms with Gasteiger partial charge in [0.05, 0.1) is 5.39 Å². The molecule has 0 bridgehead atoms. The summed E-state index contributed by atoms with van der Waals surface area (Å²) < 4.78 is 6.17. The summed E-state index contributed by atoms with van der Waals surface area (Å²) in [5, 5.41) is 14.3. The Morgan fingerprint density at radius 1 is 1.12 bits per heavy atom. The molecule has 2 aromatic carbocycles. The van der Waals surface area contributed by atoms with Gasteiger partial charge in [0.25, 0.3) is 0 Å². The molecule has 0 aliphatic carbocycles. The Labute approximate surface area is 106 Å². The summed E-state index contributed by atoms with van der Waals surface area (Å²) >= 11 is 3.49. The molecule has 1 aromatic heterocycles. The van der Waals surface area contributed by atoms with Crippen molar-refractivity contribution in [3.63, 3.8) is 0 Å². The highest BCUT2D eigenvalue weighted by Gasteiger charge is 2.12. The fourth-order valence-electron chi connectivity index (χ4n) is 1.77. The minimum absolute atomic E-state index is 0.173. The number of aromatic hydroxyl groups is 1. The van der Waals surface area contributed by atoms with E-state index in [9.17, 15) is 5.11 Å². The maximum absolute atomic E-state index is 9.37. The Morgan fingerprint density at radius 3 is 2.76 bits per heavy atom. The van der Waals surface area contributed by atoms with Gasteiger partial charge >= 0.3 is 0 Å². The lowest BCUT2D eigenvalue weighted by Gasteiger charge is -1.99. The fraction of sp³-hybridized carbons (Fsp3) is 0. The maximum atomic E-state index is 9.37. The van der Waals surface area contributed by atoms with Gasteiger partial charge in [-0.25, -0.2) is 0 Å². The maximum Gasteiger partial charge on any atom is 0.171 e. The van der Waals surface area contributed by atoms with Crippen molar-refractivity contribution in [2.75, 3.05) is 0 Å². The van der Waals surface area contributed by atoms with E-state index in [4.69, 9.17) is 4.52 Å². The number of aromatic nitrogens is 1. The lowest BCUT2D eigenvalue weighted by molar-refractivity contribution is 0.451. The van der Waals surface area contributed by atoms with E-state index in [1.807, 2.05) is 24.3 Å². The molecule has 0 aliphatic heterocycles. The lowest BCUT2D eigenvalue weighted by Crippen LogP contribution is -1.79. The SMILES string of the molecule is Oc1ccc2c(-c3ccccc3Br)noc2c1. The number of hydrogen-bond donors (Lipinski definition) is 1. The summed E-state index contributed by atoms with van der Waals surface area (Å²) in [5.74, 6) is 0.173. The quantitative estimate of drug-likeness (QED) is 0.737. The molecule has 0 radical (unpaired) electrons. The van der Waals surface area contributed by atoms with E-state index >= 15 is 0 Å². The summed E-state index contributed by atoms with van der Waals surface area (Å²) in [4.78, 5) is 0. The van der Waals surface area contributed by atoms with Crippen LogP contribution >= 0.6 is 15.9 Å². The molecule has 3 nitrogen and oxygen atoms in total. The van der Waals surface area contributed by atoms with Crippen molar-refractivity contribution in [2.24, 2.45) is 0 Å². The molecule has 0 spiro atoms. The van der Waals surface area contributed by atoms with Gasteiger partial charge in [-0.15, -0.1) is 0 Å². The van der Waals surface area contributed by atoms with Gasteiger partial charge in [0.2, 0.25) is 0 Å². The van der Waals surface area contributed by atoms with Gasteiger partial charge in [-0.3, -0.25) is 0 Å². The van der Waals surface area contributed by atoms with Crippen LogP contribution in [0.3, 0.4) is 0 Å². The number of benzene rings is 2. The summed E-state index contributed by atoms with van der Waals surface area (Å²) in [7, 11) is 0. The van der Waals surface area contributed by atoms with E-state index in [0.29, 0.717) is 5.58 Å². The number of rotatable bonds is 1. The zero-order valence-corrected chi connectivity index (χ0v) is 10.3. The van der Waals surface area contributed by atoms with Gasteiger partial charge in [-0.2, -0.15) is 0 Å². The van der Waals surface area contributed by atoms with Crippen LogP contribution in [0.25, 0.3) is 22.2 Å². The Bertz CT molecular complexity index is 691. The first-order valence-corrected chi connectivity index (χ1v) is 5.88. The molecule has 0 unspecified atom stereocenters. The van der Waals surface area contributed by atoms with Crippen LogP contribution < -0.4 is 0 Å². The predicted octanol–water partition coefficient (Wildman–Crippen LogP) is 3.96. The number of phenols is 1. The topological polar surface area (TPSA) is 46.3 Å². The van der Waals surface area contributed by atoms with Crippen LogP contribution in [-0.4, -0.2) is 10.3 Å². The standard InChI is InChI=1S/C13H8BrNO2/c14-11-4-2-1-3-9(11)13-10-6-5-8(16)7-12(10)17-15-13/h1-7,16H. The number of fused-ring (bicyclic) bond motifs is 1. The second-order valence-corrected chi connectivity index (χ2v) is 4.55. The van der Waals surface area contributed by atoms with E-state index in [-0.39, 0.29) is 5.75 Å². The Balaban J connectivity index is 2.29. The largest absolute Gasteiger partial charge is 0.508 e. The predicted molar refractivity (Wildman–Crippen MR) is 68.8 cm³/mol. The fourth-order valence-corrected chi connectivity index (χ4v) is 2.25. The lowest BCUT2D eigenvalue weighted by atomic mass is 10.1. The minimum Gasteiger partial charge on any atom is -0.508 e. The molecule has 0 amide bonds. The first kappa shape index (κ1) is 10.4. The molecule has 3 aromatic rings. The van der Waals surface area contributed by atoms with Crippen LogP contribution in [0.5, 0.6) is 5.75 Å². The molecule has 0 atom stereocenters. The molecule has 0 saturated carbocycles. The molecule has 0 fully saturated rings. The zero-order valence-electron chi connectivity index (χ0n) is 8.72. The molecule has 3 rings (SSSR count). The molecular formula is C13H8BrNO2. The van der Waals surface area contributed by atoms with Gasteiger partial charge in [-0.1, -0.05) is 39.3 Å². The van der Waals surface area contributed by atoms with Crippen LogP contribution in [-0.2, 0) is 0 Å². The number of phenolic OH excluding ortho intramolecular Hbond substituents is 1. The van der Waals surface area contributed by atoms with Crippen LogP contribution in [0, 0.1) is 0 Å². The average Bonchev–Trinajstić information content (AvgIpc) is 2.72. The highest BCUT2D eigenvalue weighted by atomic mass is 79.9. The van der Waals surface area contributed by atoms with Gasteiger partial charge in [0, 0.05) is 16.1 Å². The molecule has 4 heteroatoms. The van der Waals surface area contributed by atoms with E-state index < -0.39 is 0 Å². The van der Waals surface area contributed by atoms with Crippen LogP contribution in [0.2, 0.25) is 0 Å². The van der Waals surface area contributed by atoms with E-state index in [1.54, 1.807) is 18.2 Å². The third kappa shape index (κ3) is 1.70. The monoisotopic (exact) mass is 289 g/mol. The highest BCUT2D eigenvalue weighted by Crippen LogP contribution is 2.33. The van der Waals surface area contributed by atoms with Gasteiger partial charge in [0.15, 0.2) is 5.58 Å². The van der Waals surface area contributed by atoms with E-state index in [2.05, 4.69) is 21.1 Å². The number of hydrogen-bond acceptors (Lipinski definition) is 3. The van der Waals surface area contributed by atoms with Gasteiger partial charge < -0.3 is 9.63 Å². The van der Waals surface area contributed by atoms with Crippen LogP contribution in [0.4, 0.5) is 0 Å². The molecule has 0 aliphatic rings. The number of nitrogens with zero attached hydrogens (tertiary/aromatic N) is 1. The van der Waals surface area contributed by atoms with Gasteiger partial charge in [-0.05, 0) is 18.2 Å². The normalized spacial score (nSPS) is 10.9. The van der Waals surface area contributed by atoms with Crippen molar-refractivity contribution in [1.82, 2.24) is 5.16 Å². The molecular weight excluding hydrogens is 282 g/mol. The van der Waals surface area contributed by atoms with Crippen LogP contribution in [0.15, 0.2) is 51.5 Å². The molecule has 1 N–H and O–H groups in total. The van der Waals surface area contributed by atoms with Crippen molar-refractivity contribution >= 4 is 26.9 Å². The smallest absolute Gasteiger partial charge is 0.171 e. The molecule has 0 saturated heterocycles. The zero-order chi connectivity index (χ0) is 11.8. The summed E-state index contributed by atoms with van der Waals surface area (Å²) in [6.45, 7) is 0. The highest BCUT2D eigenvalue weighted by molar-refractivity contribution is 9.10. The van der Waals surface area contributed by atoms with Crippen molar-refractivity contribution in [1.29, 1.82) is 0 Å². The molecule has 17 heavy (non-hydrogen) atoms. The second-order valence-electron chi connectivity index (χ2n) is 3.69.